The monoisotopic (exact) mass is 166 g/mol. The van der Waals surface area contributed by atoms with Crippen LogP contribution in [0.1, 0.15) is 19.3 Å². The summed E-state index contributed by atoms with van der Waals surface area (Å²) < 4.78 is 4.54. The van der Waals surface area contributed by atoms with Crippen molar-refractivity contribution in [2.24, 2.45) is 11.8 Å². The molecule has 0 spiro atoms. The zero-order valence-electron chi connectivity index (χ0n) is 6.71. The topological polar surface area (TPSA) is 43.4 Å². The maximum absolute atomic E-state index is 11.1. The molecule has 1 heterocycles. The molecule has 0 bridgehead atoms. The molecule has 12 heavy (non-hydrogen) atoms. The van der Waals surface area contributed by atoms with Gasteiger partial charge in [0.05, 0.1) is 11.8 Å². The molecule has 1 saturated heterocycles. The van der Waals surface area contributed by atoms with Crippen LogP contribution in [0, 0.1) is 11.8 Å². The van der Waals surface area contributed by atoms with Crippen molar-refractivity contribution < 1.29 is 14.3 Å². The minimum absolute atomic E-state index is 0.223. The molecule has 3 heteroatoms. The molecule has 0 aromatic rings. The molecule has 0 aromatic carbocycles. The highest BCUT2D eigenvalue weighted by atomic mass is 16.6. The van der Waals surface area contributed by atoms with Crippen LogP contribution in [0.5, 0.6) is 0 Å². The molecule has 0 aromatic heterocycles. The molecule has 2 atom stereocenters. The number of ether oxygens (including phenoxy) is 1. The van der Waals surface area contributed by atoms with Gasteiger partial charge < -0.3 is 4.74 Å². The summed E-state index contributed by atoms with van der Waals surface area (Å²) in [6, 6.07) is 0. The smallest absolute Gasteiger partial charge is 0.321 e. The lowest BCUT2D eigenvalue weighted by Crippen LogP contribution is -2.23. The second-order valence-corrected chi connectivity index (χ2v) is 3.37. The maximum atomic E-state index is 11.1. The van der Waals surface area contributed by atoms with Crippen molar-refractivity contribution in [3.05, 3.63) is 12.2 Å². The van der Waals surface area contributed by atoms with E-state index < -0.39 is 5.97 Å². The SMILES string of the molecule is C=C1CCCC2C(=O)OC(=O)C12. The molecule has 1 aliphatic heterocycles. The fourth-order valence-corrected chi connectivity index (χ4v) is 1.98. The van der Waals surface area contributed by atoms with E-state index in [-0.39, 0.29) is 17.8 Å². The number of fused-ring (bicyclic) bond motifs is 1. The zero-order valence-corrected chi connectivity index (χ0v) is 6.71. The third kappa shape index (κ3) is 0.891. The number of rotatable bonds is 0. The molecule has 2 rings (SSSR count). The van der Waals surface area contributed by atoms with E-state index >= 15 is 0 Å². The van der Waals surface area contributed by atoms with Gasteiger partial charge in [0.15, 0.2) is 0 Å². The highest BCUT2D eigenvalue weighted by molar-refractivity contribution is 5.98. The Morgan fingerprint density at radius 3 is 2.75 bits per heavy atom. The first kappa shape index (κ1) is 7.53. The molecule has 64 valence electrons. The Balaban J connectivity index is 2.30. The van der Waals surface area contributed by atoms with Crippen molar-refractivity contribution in [3.8, 4) is 0 Å². The Morgan fingerprint density at radius 2 is 2.08 bits per heavy atom. The van der Waals surface area contributed by atoms with E-state index in [1.54, 1.807) is 0 Å². The predicted octanol–water partition coefficient (Wildman–Crippen LogP) is 1.04. The van der Waals surface area contributed by atoms with Crippen molar-refractivity contribution in [1.29, 1.82) is 0 Å². The highest BCUT2D eigenvalue weighted by Gasteiger charge is 2.46. The van der Waals surface area contributed by atoms with Gasteiger partial charge in [-0.05, 0) is 19.3 Å². The lowest BCUT2D eigenvalue weighted by atomic mass is 9.78. The van der Waals surface area contributed by atoms with E-state index in [0.29, 0.717) is 0 Å². The lowest BCUT2D eigenvalue weighted by Gasteiger charge is -2.21. The number of esters is 2. The van der Waals surface area contributed by atoms with Crippen LogP contribution in [-0.4, -0.2) is 11.9 Å². The quantitative estimate of drug-likeness (QED) is 0.307. The summed E-state index contributed by atoms with van der Waals surface area (Å²) in [6.07, 6.45) is 2.57. The predicted molar refractivity (Wildman–Crippen MR) is 41.1 cm³/mol. The van der Waals surface area contributed by atoms with Gasteiger partial charge in [-0.3, -0.25) is 9.59 Å². The summed E-state index contributed by atoms with van der Waals surface area (Å²) in [7, 11) is 0. The molecule has 3 nitrogen and oxygen atoms in total. The minimum Gasteiger partial charge on any atom is -0.392 e. The van der Waals surface area contributed by atoms with E-state index in [4.69, 9.17) is 0 Å². The molecule has 2 aliphatic rings. The zero-order chi connectivity index (χ0) is 8.72. The van der Waals surface area contributed by atoms with Gasteiger partial charge in [-0.25, -0.2) is 0 Å². The minimum atomic E-state index is -0.394. The van der Waals surface area contributed by atoms with E-state index in [2.05, 4.69) is 11.3 Å². The lowest BCUT2D eigenvalue weighted by molar-refractivity contribution is -0.153. The van der Waals surface area contributed by atoms with Crippen LogP contribution in [0.25, 0.3) is 0 Å². The molecule has 0 radical (unpaired) electrons. The second kappa shape index (κ2) is 2.44. The van der Waals surface area contributed by atoms with Gasteiger partial charge in [0.2, 0.25) is 0 Å². The number of carbonyl (C=O) groups is 2. The third-order valence-corrected chi connectivity index (χ3v) is 2.61. The fourth-order valence-electron chi connectivity index (χ4n) is 1.98. The first-order valence-electron chi connectivity index (χ1n) is 4.13. The number of hydrogen-bond donors (Lipinski definition) is 0. The van der Waals surface area contributed by atoms with Crippen LogP contribution < -0.4 is 0 Å². The highest BCUT2D eigenvalue weighted by Crippen LogP contribution is 2.39. The Kier molecular flexibility index (Phi) is 1.53. The summed E-state index contributed by atoms with van der Waals surface area (Å²) in [5.74, 6) is -1.30. The second-order valence-electron chi connectivity index (χ2n) is 3.37. The van der Waals surface area contributed by atoms with Gasteiger partial charge in [-0.1, -0.05) is 12.2 Å². The Labute approximate surface area is 70.4 Å². The maximum Gasteiger partial charge on any atom is 0.321 e. The average Bonchev–Trinajstić information content (AvgIpc) is 2.29. The Bertz CT molecular complexity index is 267. The first-order valence-corrected chi connectivity index (χ1v) is 4.13. The van der Waals surface area contributed by atoms with Crippen molar-refractivity contribution in [3.63, 3.8) is 0 Å². The molecule has 1 aliphatic carbocycles. The molecule has 2 unspecified atom stereocenters. The van der Waals surface area contributed by atoms with Gasteiger partial charge in [-0.15, -0.1) is 0 Å². The first-order chi connectivity index (χ1) is 5.70. The van der Waals surface area contributed by atoms with Crippen LogP contribution in [0.4, 0.5) is 0 Å². The largest absolute Gasteiger partial charge is 0.392 e. The summed E-state index contributed by atoms with van der Waals surface area (Å²) in [5.41, 5.74) is 0.863. The van der Waals surface area contributed by atoms with Crippen molar-refractivity contribution in [1.82, 2.24) is 0 Å². The van der Waals surface area contributed by atoms with Gasteiger partial charge >= 0.3 is 11.9 Å². The molecular formula is C9H10O3. The molecular weight excluding hydrogens is 156 g/mol. The van der Waals surface area contributed by atoms with Crippen molar-refractivity contribution >= 4 is 11.9 Å². The summed E-state index contributed by atoms with van der Waals surface area (Å²) in [4.78, 5) is 22.2. The van der Waals surface area contributed by atoms with Crippen LogP contribution >= 0.6 is 0 Å². The summed E-state index contributed by atoms with van der Waals surface area (Å²) >= 11 is 0. The third-order valence-electron chi connectivity index (χ3n) is 2.61. The fraction of sp³-hybridized carbons (Fsp3) is 0.556. The van der Waals surface area contributed by atoms with Crippen molar-refractivity contribution in [2.75, 3.05) is 0 Å². The van der Waals surface area contributed by atoms with Gasteiger partial charge in [-0.2, -0.15) is 0 Å². The average molecular weight is 166 g/mol. The summed E-state index contributed by atoms with van der Waals surface area (Å²) in [6.45, 7) is 3.79. The number of carbonyl (C=O) groups excluding carboxylic acids is 2. The number of hydrogen-bond acceptors (Lipinski definition) is 3. The Morgan fingerprint density at radius 1 is 1.33 bits per heavy atom. The van der Waals surface area contributed by atoms with E-state index in [1.165, 1.54) is 0 Å². The van der Waals surface area contributed by atoms with Crippen LogP contribution in [0.2, 0.25) is 0 Å². The van der Waals surface area contributed by atoms with Gasteiger partial charge in [0.1, 0.15) is 0 Å². The standard InChI is InChI=1S/C9H10O3/c1-5-3-2-4-6-7(5)9(11)12-8(6)10/h6-7H,1-4H2. The summed E-state index contributed by atoms with van der Waals surface area (Å²) in [5, 5.41) is 0. The molecule has 0 N–H and O–H groups in total. The van der Waals surface area contributed by atoms with Gasteiger partial charge in [0, 0.05) is 0 Å². The normalized spacial score (nSPS) is 34.8. The molecule has 0 amide bonds. The van der Waals surface area contributed by atoms with Crippen molar-refractivity contribution in [2.45, 2.75) is 19.3 Å². The van der Waals surface area contributed by atoms with E-state index in [9.17, 15) is 9.59 Å². The van der Waals surface area contributed by atoms with Crippen LogP contribution in [0.3, 0.4) is 0 Å². The van der Waals surface area contributed by atoms with E-state index in [1.807, 2.05) is 0 Å². The van der Waals surface area contributed by atoms with E-state index in [0.717, 1.165) is 24.8 Å². The van der Waals surface area contributed by atoms with Gasteiger partial charge in [0.25, 0.3) is 0 Å². The molecule has 1 saturated carbocycles. The molecule has 2 fully saturated rings. The number of cyclic esters (lactones) is 2. The Hall–Kier alpha value is -1.12. The van der Waals surface area contributed by atoms with Crippen LogP contribution in [-0.2, 0) is 14.3 Å². The van der Waals surface area contributed by atoms with Crippen LogP contribution in [0.15, 0.2) is 12.2 Å².